The van der Waals surface area contributed by atoms with Crippen molar-refractivity contribution in [3.8, 4) is 5.75 Å². The number of rotatable bonds is 1. The van der Waals surface area contributed by atoms with Crippen LogP contribution < -0.4 is 5.73 Å². The van der Waals surface area contributed by atoms with Gasteiger partial charge in [0.15, 0.2) is 17.4 Å². The minimum Gasteiger partial charge on any atom is -0.504 e. The first-order valence-corrected chi connectivity index (χ1v) is 2.95. The number of halogens is 3. The highest BCUT2D eigenvalue weighted by molar-refractivity contribution is 5.50. The van der Waals surface area contributed by atoms with Crippen LogP contribution >= 0.6 is 0 Å². The molecular formula is C6H5F3N2O. The standard InChI is InChI=1S/C6H5F3N2O/c7-2-1-11-6(10)4(12)3(2)5(8)9/h1,5,12H,(H2,10,11). The molecule has 1 heterocycles. The number of alkyl halides is 2. The molecule has 0 fully saturated rings. The number of hydrogen-bond donors (Lipinski definition) is 2. The second-order valence-electron chi connectivity index (χ2n) is 2.05. The van der Waals surface area contributed by atoms with Gasteiger partial charge in [0.2, 0.25) is 0 Å². The molecule has 12 heavy (non-hydrogen) atoms. The molecule has 66 valence electrons. The molecule has 3 N–H and O–H groups in total. The van der Waals surface area contributed by atoms with Gasteiger partial charge in [0.1, 0.15) is 5.56 Å². The Balaban J connectivity index is 3.33. The molecule has 0 bridgehead atoms. The van der Waals surface area contributed by atoms with E-state index in [4.69, 9.17) is 10.8 Å². The average molecular weight is 178 g/mol. The molecule has 0 aliphatic rings. The Bertz CT molecular complexity index is 303. The normalized spacial score (nSPS) is 10.7. The van der Waals surface area contributed by atoms with E-state index in [9.17, 15) is 13.2 Å². The van der Waals surface area contributed by atoms with E-state index in [1.54, 1.807) is 0 Å². The predicted octanol–water partition coefficient (Wildman–Crippen LogP) is 1.45. The first-order valence-electron chi connectivity index (χ1n) is 2.95. The van der Waals surface area contributed by atoms with Crippen molar-refractivity contribution in [1.29, 1.82) is 0 Å². The van der Waals surface area contributed by atoms with E-state index in [-0.39, 0.29) is 0 Å². The minimum atomic E-state index is -3.10. The Hall–Kier alpha value is -1.46. The summed E-state index contributed by atoms with van der Waals surface area (Å²) in [6.07, 6.45) is -2.56. The lowest BCUT2D eigenvalue weighted by Gasteiger charge is -2.05. The van der Waals surface area contributed by atoms with Gasteiger partial charge in [0.25, 0.3) is 6.43 Å². The zero-order valence-electron chi connectivity index (χ0n) is 5.76. The maximum atomic E-state index is 12.5. The van der Waals surface area contributed by atoms with Gasteiger partial charge in [-0.2, -0.15) is 0 Å². The Morgan fingerprint density at radius 1 is 1.50 bits per heavy atom. The van der Waals surface area contributed by atoms with Crippen molar-refractivity contribution >= 4 is 5.82 Å². The Morgan fingerprint density at radius 2 is 2.08 bits per heavy atom. The predicted molar refractivity (Wildman–Crippen MR) is 35.2 cm³/mol. The van der Waals surface area contributed by atoms with Crippen molar-refractivity contribution in [1.82, 2.24) is 4.98 Å². The van der Waals surface area contributed by atoms with Crippen LogP contribution in [0.15, 0.2) is 6.20 Å². The summed E-state index contributed by atoms with van der Waals surface area (Å²) in [5.41, 5.74) is 3.86. The van der Waals surface area contributed by atoms with Gasteiger partial charge < -0.3 is 10.8 Å². The number of nitrogens with two attached hydrogens (primary N) is 1. The molecule has 0 saturated carbocycles. The summed E-state index contributed by atoms with van der Waals surface area (Å²) >= 11 is 0. The second-order valence-corrected chi connectivity index (χ2v) is 2.05. The van der Waals surface area contributed by atoms with Crippen molar-refractivity contribution in [3.05, 3.63) is 17.6 Å². The summed E-state index contributed by atoms with van der Waals surface area (Å²) in [5.74, 6) is -2.77. The molecule has 0 saturated heterocycles. The first-order chi connectivity index (χ1) is 5.54. The SMILES string of the molecule is Nc1ncc(F)c(C(F)F)c1O. The number of anilines is 1. The van der Waals surface area contributed by atoms with Gasteiger partial charge in [-0.3, -0.25) is 0 Å². The van der Waals surface area contributed by atoms with E-state index in [2.05, 4.69) is 4.98 Å². The summed E-state index contributed by atoms with van der Waals surface area (Å²) in [5, 5.41) is 8.84. The minimum absolute atomic E-state index is 0.508. The van der Waals surface area contributed by atoms with E-state index in [1.165, 1.54) is 0 Å². The van der Waals surface area contributed by atoms with Crippen molar-refractivity contribution in [2.24, 2.45) is 0 Å². The number of aromatic hydroxyl groups is 1. The van der Waals surface area contributed by atoms with Crippen molar-refractivity contribution in [2.75, 3.05) is 5.73 Å². The van der Waals surface area contributed by atoms with Crippen LogP contribution in [0.3, 0.4) is 0 Å². The zero-order valence-corrected chi connectivity index (χ0v) is 5.76. The number of aromatic nitrogens is 1. The Labute approximate surface area is 65.6 Å². The molecule has 0 aliphatic carbocycles. The molecule has 3 nitrogen and oxygen atoms in total. The largest absolute Gasteiger partial charge is 0.504 e. The molecule has 1 aromatic heterocycles. The quantitative estimate of drug-likeness (QED) is 0.684. The molecule has 0 aliphatic heterocycles. The third kappa shape index (κ3) is 1.27. The average Bonchev–Trinajstić information content (AvgIpc) is 1.97. The van der Waals surface area contributed by atoms with Crippen LogP contribution in [-0.2, 0) is 0 Å². The Morgan fingerprint density at radius 3 is 2.50 bits per heavy atom. The summed E-state index contributed by atoms with van der Waals surface area (Å²) in [4.78, 5) is 3.14. The molecular weight excluding hydrogens is 173 g/mol. The van der Waals surface area contributed by atoms with E-state index in [0.717, 1.165) is 0 Å². The maximum Gasteiger partial charge on any atom is 0.270 e. The summed E-state index contributed by atoms with van der Waals surface area (Å²) in [6, 6.07) is 0. The maximum absolute atomic E-state index is 12.5. The number of hydrogen-bond acceptors (Lipinski definition) is 3. The van der Waals surface area contributed by atoms with Gasteiger partial charge in [-0.1, -0.05) is 0 Å². The molecule has 0 amide bonds. The Kier molecular flexibility index (Phi) is 2.07. The van der Waals surface area contributed by atoms with Gasteiger partial charge in [-0.05, 0) is 0 Å². The molecule has 6 heteroatoms. The topological polar surface area (TPSA) is 59.1 Å². The smallest absolute Gasteiger partial charge is 0.270 e. The van der Waals surface area contributed by atoms with Crippen LogP contribution in [0.5, 0.6) is 5.75 Å². The van der Waals surface area contributed by atoms with Crippen molar-refractivity contribution in [3.63, 3.8) is 0 Å². The highest BCUT2D eigenvalue weighted by atomic mass is 19.3. The number of nitrogens with zero attached hydrogens (tertiary/aromatic N) is 1. The van der Waals surface area contributed by atoms with E-state index in [0.29, 0.717) is 6.20 Å². The lowest BCUT2D eigenvalue weighted by molar-refractivity contribution is 0.142. The second kappa shape index (κ2) is 2.88. The molecule has 1 aromatic rings. The van der Waals surface area contributed by atoms with Crippen LogP contribution in [0.25, 0.3) is 0 Å². The lowest BCUT2D eigenvalue weighted by atomic mass is 10.2. The number of pyridine rings is 1. The fraction of sp³-hybridized carbons (Fsp3) is 0.167. The molecule has 0 radical (unpaired) electrons. The highest BCUT2D eigenvalue weighted by Gasteiger charge is 2.20. The lowest BCUT2D eigenvalue weighted by Crippen LogP contribution is -1.98. The van der Waals surface area contributed by atoms with Gasteiger partial charge >= 0.3 is 0 Å². The molecule has 1 rings (SSSR count). The van der Waals surface area contributed by atoms with E-state index < -0.39 is 29.4 Å². The number of nitrogen functional groups attached to an aromatic ring is 1. The third-order valence-corrected chi connectivity index (χ3v) is 1.29. The first kappa shape index (κ1) is 8.63. The fourth-order valence-corrected chi connectivity index (χ4v) is 0.716. The van der Waals surface area contributed by atoms with Crippen LogP contribution in [0.1, 0.15) is 12.0 Å². The monoisotopic (exact) mass is 178 g/mol. The zero-order chi connectivity index (χ0) is 9.30. The van der Waals surface area contributed by atoms with Crippen LogP contribution in [-0.4, -0.2) is 10.1 Å². The molecule has 0 unspecified atom stereocenters. The highest BCUT2D eigenvalue weighted by Crippen LogP contribution is 2.33. The summed E-state index contributed by atoms with van der Waals surface area (Å²) in [7, 11) is 0. The van der Waals surface area contributed by atoms with Crippen molar-refractivity contribution < 1.29 is 18.3 Å². The van der Waals surface area contributed by atoms with E-state index >= 15 is 0 Å². The molecule has 0 spiro atoms. The van der Waals surface area contributed by atoms with Gasteiger partial charge in [0, 0.05) is 0 Å². The fourth-order valence-electron chi connectivity index (χ4n) is 0.716. The molecule has 0 aromatic carbocycles. The summed E-state index contributed by atoms with van der Waals surface area (Å²) < 4.78 is 36.5. The van der Waals surface area contributed by atoms with Gasteiger partial charge in [0.05, 0.1) is 6.20 Å². The van der Waals surface area contributed by atoms with Crippen LogP contribution in [0.4, 0.5) is 19.0 Å². The summed E-state index contributed by atoms with van der Waals surface area (Å²) in [6.45, 7) is 0. The molecule has 0 atom stereocenters. The van der Waals surface area contributed by atoms with Gasteiger partial charge in [-0.15, -0.1) is 0 Å². The van der Waals surface area contributed by atoms with Gasteiger partial charge in [-0.25, -0.2) is 18.2 Å². The van der Waals surface area contributed by atoms with Crippen LogP contribution in [0.2, 0.25) is 0 Å². The van der Waals surface area contributed by atoms with Crippen LogP contribution in [0, 0.1) is 5.82 Å². The van der Waals surface area contributed by atoms with Crippen molar-refractivity contribution in [2.45, 2.75) is 6.43 Å². The third-order valence-electron chi connectivity index (χ3n) is 1.29. The van der Waals surface area contributed by atoms with E-state index in [1.807, 2.05) is 0 Å².